The first kappa shape index (κ1) is 34.9. The second-order valence-corrected chi connectivity index (χ2v) is 17.3. The van der Waals surface area contributed by atoms with E-state index in [1.807, 2.05) is 0 Å². The Morgan fingerprint density at radius 3 is 2.11 bits per heavy atom. The number of benzene rings is 3. The molecule has 4 rings (SSSR count). The molecule has 3 aromatic rings. The molecule has 0 N–H and O–H groups in total. The maximum absolute atomic E-state index is 14.4. The van der Waals surface area contributed by atoms with Crippen LogP contribution in [0, 0.1) is 37.4 Å². The molecule has 4 nitrogen and oxygen atoms in total. The number of carbonyl (C=O) groups excluding carboxylic acids is 1. The van der Waals surface area contributed by atoms with E-state index < -0.39 is 10.8 Å². The lowest BCUT2D eigenvalue weighted by atomic mass is 9.48. The Bertz CT molecular complexity index is 1690. The zero-order valence-corrected chi connectivity index (χ0v) is 30.2. The fourth-order valence-corrected chi connectivity index (χ4v) is 8.84. The molecule has 0 saturated heterocycles. The van der Waals surface area contributed by atoms with Gasteiger partial charge in [-0.2, -0.15) is 0 Å². The van der Waals surface area contributed by atoms with E-state index in [-0.39, 0.29) is 34.2 Å². The molecule has 0 amide bonds. The van der Waals surface area contributed by atoms with E-state index >= 15 is 0 Å². The number of ether oxygens (including phenoxy) is 1. The first-order valence-electron chi connectivity index (χ1n) is 16.8. The summed E-state index contributed by atoms with van der Waals surface area (Å²) in [5.74, 6) is -0.146. The van der Waals surface area contributed by atoms with E-state index in [0.29, 0.717) is 12.1 Å². The van der Waals surface area contributed by atoms with Gasteiger partial charge in [-0.25, -0.2) is 0 Å². The minimum atomic E-state index is -0.737. The highest BCUT2D eigenvalue weighted by molar-refractivity contribution is 6.12. The molecule has 45 heavy (non-hydrogen) atoms. The van der Waals surface area contributed by atoms with Crippen molar-refractivity contribution in [1.29, 1.82) is 0 Å². The number of hydrogen-bond donors (Lipinski definition) is 0. The van der Waals surface area contributed by atoms with Crippen LogP contribution in [0.4, 0.5) is 0 Å². The van der Waals surface area contributed by atoms with Gasteiger partial charge in [-0.3, -0.25) is 4.79 Å². The van der Waals surface area contributed by atoms with Crippen LogP contribution in [0.2, 0.25) is 0 Å². The monoisotopic (exact) mass is 611 g/mol. The van der Waals surface area contributed by atoms with E-state index in [1.165, 1.54) is 32.3 Å². The highest BCUT2D eigenvalue weighted by Gasteiger charge is 2.56. The van der Waals surface area contributed by atoms with Crippen LogP contribution in [0.5, 0.6) is 0 Å². The third-order valence-electron chi connectivity index (χ3n) is 12.4. The van der Waals surface area contributed by atoms with Crippen molar-refractivity contribution < 1.29 is 9.53 Å². The predicted molar refractivity (Wildman–Crippen MR) is 191 cm³/mol. The number of allylic oxidation sites excluding steroid dienone is 1. The van der Waals surface area contributed by atoms with Crippen LogP contribution in [-0.4, -0.2) is 5.97 Å². The Morgan fingerprint density at radius 1 is 0.867 bits per heavy atom. The zero-order valence-electron chi connectivity index (χ0n) is 30.2. The molecule has 0 spiro atoms. The van der Waals surface area contributed by atoms with E-state index in [9.17, 15) is 9.70 Å². The second kappa shape index (κ2) is 11.7. The molecule has 0 fully saturated rings. The highest BCUT2D eigenvalue weighted by Crippen LogP contribution is 2.61. The Kier molecular flexibility index (Phi) is 9.03. The summed E-state index contributed by atoms with van der Waals surface area (Å²) >= 11 is 0. The standard InChI is InChI=1S/C41H57NO3/c1-14-38(8,9)40(12,26-37(6,7)25-39(10,11)41(13,27(2)42-44)36(3,4)5)35(43)45-24-31-23-30-19-15-17-28-21-22-29-18-16-20-32(31)34(29)33(28)30/h15,17,19-23H,2,14,16,18,24-26H2,1,3-13H3. The SMILES string of the molecule is C=C(N=O)C(C)(C(C)(C)C)C(C)(C)CC(C)(C)CC(C)(C(=O)OCc1cc2cccc3ccc4c(c1=CCC4)c32)C(C)(C)CC. The van der Waals surface area contributed by atoms with E-state index in [1.54, 1.807) is 0 Å². The van der Waals surface area contributed by atoms with Crippen molar-refractivity contribution in [2.75, 3.05) is 0 Å². The van der Waals surface area contributed by atoms with Crippen LogP contribution in [0.3, 0.4) is 0 Å². The number of carbonyl (C=O) groups is 1. The number of aryl methyl sites for hydroxylation is 1. The Labute approximate surface area is 272 Å². The Hall–Kier alpha value is -3.01. The zero-order chi connectivity index (χ0) is 33.8. The summed E-state index contributed by atoms with van der Waals surface area (Å²) in [5.41, 5.74) is 0.426. The topological polar surface area (TPSA) is 55.7 Å². The van der Waals surface area contributed by atoms with E-state index in [4.69, 9.17) is 4.74 Å². The summed E-state index contributed by atoms with van der Waals surface area (Å²) in [4.78, 5) is 26.3. The average molecular weight is 612 g/mol. The molecule has 2 atom stereocenters. The van der Waals surface area contributed by atoms with Gasteiger partial charge < -0.3 is 4.74 Å². The molecule has 244 valence electrons. The number of nitroso groups, excluding NO2 is 1. The lowest BCUT2D eigenvalue weighted by Crippen LogP contribution is -2.50. The summed E-state index contributed by atoms with van der Waals surface area (Å²) in [6, 6.07) is 13.2. The van der Waals surface area contributed by atoms with Crippen LogP contribution in [0.15, 0.2) is 53.9 Å². The van der Waals surface area contributed by atoms with Crippen LogP contribution >= 0.6 is 0 Å². The molecule has 0 heterocycles. The minimum Gasteiger partial charge on any atom is -0.460 e. The van der Waals surface area contributed by atoms with Crippen molar-refractivity contribution in [3.63, 3.8) is 0 Å². The molecule has 4 heteroatoms. The normalized spacial score (nSPS) is 17.0. The maximum Gasteiger partial charge on any atom is 0.312 e. The fraction of sp³-hybridized carbons (Fsp3) is 0.585. The second-order valence-electron chi connectivity index (χ2n) is 17.3. The molecule has 0 saturated carbocycles. The van der Waals surface area contributed by atoms with Gasteiger partial charge in [0.15, 0.2) is 0 Å². The van der Waals surface area contributed by atoms with Crippen LogP contribution < -0.4 is 5.22 Å². The molecule has 0 radical (unpaired) electrons. The van der Waals surface area contributed by atoms with Crippen molar-refractivity contribution in [1.82, 2.24) is 0 Å². The van der Waals surface area contributed by atoms with Crippen LogP contribution in [0.25, 0.3) is 27.6 Å². The number of hydrogen-bond acceptors (Lipinski definition) is 4. The predicted octanol–water partition coefficient (Wildman–Crippen LogP) is 11.1. The number of nitrogens with zero attached hydrogens (tertiary/aromatic N) is 1. The molecule has 0 aliphatic heterocycles. The maximum atomic E-state index is 14.4. The van der Waals surface area contributed by atoms with Gasteiger partial charge in [-0.05, 0) is 110 Å². The van der Waals surface area contributed by atoms with Gasteiger partial charge in [0, 0.05) is 5.41 Å². The molecule has 3 aromatic carbocycles. The van der Waals surface area contributed by atoms with Crippen LogP contribution in [-0.2, 0) is 22.6 Å². The summed E-state index contributed by atoms with van der Waals surface area (Å²) < 4.78 is 6.38. The molecule has 1 aliphatic rings. The lowest BCUT2D eigenvalue weighted by Gasteiger charge is -2.55. The third-order valence-corrected chi connectivity index (χ3v) is 12.4. The molecule has 0 bridgehead atoms. The van der Waals surface area contributed by atoms with Crippen LogP contribution in [0.1, 0.15) is 120 Å². The molecule has 1 aliphatic carbocycles. The third kappa shape index (κ3) is 5.87. The summed E-state index contributed by atoms with van der Waals surface area (Å²) in [6.45, 7) is 30.6. The van der Waals surface area contributed by atoms with Gasteiger partial charge in [0.25, 0.3) is 0 Å². The van der Waals surface area contributed by atoms with Crippen molar-refractivity contribution in [3.8, 4) is 0 Å². The quantitative estimate of drug-likeness (QED) is 0.151. The van der Waals surface area contributed by atoms with Crippen molar-refractivity contribution in [2.45, 2.75) is 122 Å². The minimum absolute atomic E-state index is 0.146. The summed E-state index contributed by atoms with van der Waals surface area (Å²) in [6.07, 6.45) is 6.63. The summed E-state index contributed by atoms with van der Waals surface area (Å²) in [5, 5.41) is 9.67. The van der Waals surface area contributed by atoms with Gasteiger partial charge in [0.1, 0.15) is 6.61 Å². The fourth-order valence-electron chi connectivity index (χ4n) is 8.84. The molecular weight excluding hydrogens is 554 g/mol. The Morgan fingerprint density at radius 2 is 1.51 bits per heavy atom. The van der Waals surface area contributed by atoms with E-state index in [0.717, 1.165) is 31.2 Å². The average Bonchev–Trinajstić information content (AvgIpc) is 2.96. The summed E-state index contributed by atoms with van der Waals surface area (Å²) in [7, 11) is 0. The number of rotatable bonds is 12. The number of esters is 1. The first-order valence-corrected chi connectivity index (χ1v) is 16.8. The Balaban J connectivity index is 1.68. The van der Waals surface area contributed by atoms with E-state index in [2.05, 4.69) is 137 Å². The van der Waals surface area contributed by atoms with Crippen molar-refractivity contribution in [2.24, 2.45) is 37.7 Å². The van der Waals surface area contributed by atoms with Crippen molar-refractivity contribution >= 4 is 33.6 Å². The van der Waals surface area contributed by atoms with Gasteiger partial charge in [0.2, 0.25) is 0 Å². The first-order chi connectivity index (χ1) is 20.7. The largest absolute Gasteiger partial charge is 0.460 e. The molecule has 0 aromatic heterocycles. The smallest absolute Gasteiger partial charge is 0.312 e. The van der Waals surface area contributed by atoms with Gasteiger partial charge >= 0.3 is 5.97 Å². The molecular formula is C41H57NO3. The highest BCUT2D eigenvalue weighted by atomic mass is 16.5. The van der Waals surface area contributed by atoms with Gasteiger partial charge in [-0.15, -0.1) is 4.91 Å². The van der Waals surface area contributed by atoms with Crippen molar-refractivity contribution in [3.05, 3.63) is 69.9 Å². The van der Waals surface area contributed by atoms with Gasteiger partial charge in [-0.1, -0.05) is 119 Å². The lowest BCUT2D eigenvalue weighted by molar-refractivity contribution is -0.168. The molecule has 2 unspecified atom stereocenters. The van der Waals surface area contributed by atoms with Gasteiger partial charge in [0.05, 0.1) is 11.1 Å².